The van der Waals surface area contributed by atoms with Gasteiger partial charge in [0.25, 0.3) is 5.91 Å². The molecule has 0 saturated carbocycles. The summed E-state index contributed by atoms with van der Waals surface area (Å²) in [5.74, 6) is 0.917. The lowest BCUT2D eigenvalue weighted by Gasteiger charge is -2.30. The van der Waals surface area contributed by atoms with Crippen molar-refractivity contribution in [2.75, 3.05) is 18.0 Å². The van der Waals surface area contributed by atoms with E-state index in [9.17, 15) is 9.18 Å². The zero-order valence-corrected chi connectivity index (χ0v) is 15.5. The smallest absolute Gasteiger partial charge is 0.255 e. The molecule has 1 atom stereocenters. The second kappa shape index (κ2) is 7.81. The van der Waals surface area contributed by atoms with Gasteiger partial charge in [-0.3, -0.25) is 4.79 Å². The molecule has 1 N–H and O–H groups in total. The Morgan fingerprint density at radius 2 is 1.92 bits per heavy atom. The van der Waals surface area contributed by atoms with Crippen LogP contribution in [0.25, 0.3) is 0 Å². The van der Waals surface area contributed by atoms with Gasteiger partial charge in [-0.25, -0.2) is 14.4 Å². The van der Waals surface area contributed by atoms with Gasteiger partial charge in [0, 0.05) is 19.3 Å². The Labute approximate surface area is 153 Å². The number of halogens is 1. The number of amides is 1. The number of anilines is 1. The summed E-state index contributed by atoms with van der Waals surface area (Å²) < 4.78 is 13.0. The van der Waals surface area contributed by atoms with Crippen molar-refractivity contribution in [1.82, 2.24) is 15.3 Å². The highest BCUT2D eigenvalue weighted by Crippen LogP contribution is 2.21. The maximum Gasteiger partial charge on any atom is 0.255 e. The van der Waals surface area contributed by atoms with E-state index >= 15 is 0 Å². The van der Waals surface area contributed by atoms with E-state index in [1.165, 1.54) is 12.1 Å². The van der Waals surface area contributed by atoms with Gasteiger partial charge in [-0.2, -0.15) is 0 Å². The largest absolute Gasteiger partial charge is 0.345 e. The van der Waals surface area contributed by atoms with Gasteiger partial charge in [0.15, 0.2) is 0 Å². The number of rotatable bonds is 4. The summed E-state index contributed by atoms with van der Waals surface area (Å²) in [6.07, 6.45) is 3.88. The fourth-order valence-corrected chi connectivity index (χ4v) is 3.15. The van der Waals surface area contributed by atoms with Crippen molar-refractivity contribution in [3.63, 3.8) is 0 Å². The molecule has 1 aromatic carbocycles. The Hall–Kier alpha value is -2.50. The minimum atomic E-state index is -0.292. The molecule has 2 heterocycles. The molecule has 138 valence electrons. The fourth-order valence-electron chi connectivity index (χ4n) is 3.15. The predicted molar refractivity (Wildman–Crippen MR) is 99.7 cm³/mol. The molecule has 1 saturated heterocycles. The van der Waals surface area contributed by atoms with Crippen molar-refractivity contribution in [2.45, 2.75) is 39.7 Å². The highest BCUT2D eigenvalue weighted by molar-refractivity contribution is 5.95. The number of nitrogens with zero attached hydrogens (tertiary/aromatic N) is 3. The predicted octanol–water partition coefficient (Wildman–Crippen LogP) is 3.65. The second-order valence-corrected chi connectivity index (χ2v) is 7.09. The van der Waals surface area contributed by atoms with Crippen LogP contribution in [0, 0.1) is 18.7 Å². The van der Waals surface area contributed by atoms with Crippen LogP contribution in [0.15, 0.2) is 30.5 Å². The van der Waals surface area contributed by atoms with Crippen LogP contribution in [-0.4, -0.2) is 29.0 Å². The van der Waals surface area contributed by atoms with E-state index in [0.29, 0.717) is 17.2 Å². The molecule has 3 rings (SSSR count). The highest BCUT2D eigenvalue weighted by Gasteiger charge is 2.20. The Morgan fingerprint density at radius 1 is 1.27 bits per heavy atom. The maximum atomic E-state index is 13.0. The summed E-state index contributed by atoms with van der Waals surface area (Å²) in [6, 6.07) is 5.89. The Bertz CT molecular complexity index is 770. The van der Waals surface area contributed by atoms with Crippen molar-refractivity contribution in [3.8, 4) is 0 Å². The molecule has 0 aliphatic carbocycles. The van der Waals surface area contributed by atoms with Gasteiger partial charge in [0.1, 0.15) is 5.82 Å². The van der Waals surface area contributed by atoms with Crippen molar-refractivity contribution in [3.05, 3.63) is 53.1 Å². The van der Waals surface area contributed by atoms with Crippen LogP contribution >= 0.6 is 0 Å². The molecule has 6 heteroatoms. The van der Waals surface area contributed by atoms with Gasteiger partial charge >= 0.3 is 0 Å². The molecule has 1 amide bonds. The fraction of sp³-hybridized carbons (Fsp3) is 0.450. The maximum absolute atomic E-state index is 13.0. The molecule has 0 spiro atoms. The van der Waals surface area contributed by atoms with Gasteiger partial charge in [-0.05, 0) is 50.3 Å². The molecular formula is C20H25FN4O. The molecule has 1 fully saturated rings. The number of hydrogen-bond acceptors (Lipinski definition) is 4. The average Bonchev–Trinajstić information content (AvgIpc) is 2.62. The Balaban J connectivity index is 1.68. The summed E-state index contributed by atoms with van der Waals surface area (Å²) >= 11 is 0. The molecule has 0 radical (unpaired) electrons. The molecule has 1 aliphatic rings. The third-order valence-electron chi connectivity index (χ3n) is 5.00. The number of benzene rings is 1. The topological polar surface area (TPSA) is 58.1 Å². The zero-order valence-electron chi connectivity index (χ0n) is 15.5. The highest BCUT2D eigenvalue weighted by atomic mass is 19.1. The van der Waals surface area contributed by atoms with Gasteiger partial charge in [-0.1, -0.05) is 19.1 Å². The van der Waals surface area contributed by atoms with E-state index in [-0.39, 0.29) is 17.8 Å². The van der Waals surface area contributed by atoms with E-state index in [4.69, 9.17) is 0 Å². The minimum Gasteiger partial charge on any atom is -0.345 e. The molecule has 1 aliphatic heterocycles. The van der Waals surface area contributed by atoms with Gasteiger partial charge in [0.2, 0.25) is 5.95 Å². The zero-order chi connectivity index (χ0) is 18.7. The molecule has 26 heavy (non-hydrogen) atoms. The van der Waals surface area contributed by atoms with Gasteiger partial charge < -0.3 is 10.2 Å². The van der Waals surface area contributed by atoms with E-state index in [0.717, 1.165) is 37.4 Å². The quantitative estimate of drug-likeness (QED) is 0.908. The standard InChI is InChI=1S/C20H25FN4O/c1-13-8-10-25(11-9-13)20-22-12-18(15(3)24-20)19(26)23-14(2)16-4-6-17(21)7-5-16/h4-7,12-14H,8-11H2,1-3H3,(H,23,26). The molecule has 1 aromatic heterocycles. The first-order valence-electron chi connectivity index (χ1n) is 9.09. The number of aromatic nitrogens is 2. The summed E-state index contributed by atoms with van der Waals surface area (Å²) in [6.45, 7) is 7.86. The summed E-state index contributed by atoms with van der Waals surface area (Å²) in [5.41, 5.74) is 1.97. The van der Waals surface area contributed by atoms with Crippen molar-refractivity contribution in [2.24, 2.45) is 5.92 Å². The lowest BCUT2D eigenvalue weighted by Crippen LogP contribution is -2.34. The molecule has 2 aromatic rings. The van der Waals surface area contributed by atoms with Crippen LogP contribution in [0.4, 0.5) is 10.3 Å². The SMILES string of the molecule is Cc1nc(N2CCC(C)CC2)ncc1C(=O)NC(C)c1ccc(F)cc1. The van der Waals surface area contributed by atoms with E-state index < -0.39 is 0 Å². The number of nitrogens with one attached hydrogen (secondary N) is 1. The number of piperidine rings is 1. The third kappa shape index (κ3) is 4.18. The molecule has 0 bridgehead atoms. The lowest BCUT2D eigenvalue weighted by molar-refractivity contribution is 0.0938. The second-order valence-electron chi connectivity index (χ2n) is 7.09. The Morgan fingerprint density at radius 3 is 2.54 bits per heavy atom. The van der Waals surface area contributed by atoms with Gasteiger partial charge in [-0.15, -0.1) is 0 Å². The first-order chi connectivity index (χ1) is 12.4. The van der Waals surface area contributed by atoms with Gasteiger partial charge in [0.05, 0.1) is 17.3 Å². The van der Waals surface area contributed by atoms with E-state index in [1.54, 1.807) is 18.3 Å². The number of carbonyl (C=O) groups excluding carboxylic acids is 1. The number of aryl methyl sites for hydroxylation is 1. The van der Waals surface area contributed by atoms with Crippen molar-refractivity contribution >= 4 is 11.9 Å². The Kier molecular flexibility index (Phi) is 5.49. The molecular weight excluding hydrogens is 331 g/mol. The van der Waals surface area contributed by atoms with E-state index in [2.05, 4.69) is 27.1 Å². The monoisotopic (exact) mass is 356 g/mol. The number of hydrogen-bond donors (Lipinski definition) is 1. The normalized spacial score (nSPS) is 16.4. The third-order valence-corrected chi connectivity index (χ3v) is 5.00. The summed E-state index contributed by atoms with van der Waals surface area (Å²) in [5, 5.41) is 2.92. The van der Waals surface area contributed by atoms with Crippen molar-refractivity contribution in [1.29, 1.82) is 0 Å². The molecule has 5 nitrogen and oxygen atoms in total. The van der Waals surface area contributed by atoms with Crippen molar-refractivity contribution < 1.29 is 9.18 Å². The van der Waals surface area contributed by atoms with Crippen LogP contribution in [-0.2, 0) is 0 Å². The molecule has 1 unspecified atom stereocenters. The van der Waals surface area contributed by atoms with Crippen LogP contribution in [0.3, 0.4) is 0 Å². The van der Waals surface area contributed by atoms with E-state index in [1.807, 2.05) is 13.8 Å². The lowest BCUT2D eigenvalue weighted by atomic mass is 10.00. The number of carbonyl (C=O) groups is 1. The average molecular weight is 356 g/mol. The summed E-state index contributed by atoms with van der Waals surface area (Å²) in [4.78, 5) is 23.7. The first-order valence-corrected chi connectivity index (χ1v) is 9.09. The van der Waals surface area contributed by atoms with Crippen LogP contribution in [0.5, 0.6) is 0 Å². The summed E-state index contributed by atoms with van der Waals surface area (Å²) in [7, 11) is 0. The van der Waals surface area contributed by atoms with Crippen LogP contribution in [0.1, 0.15) is 54.3 Å². The first kappa shape index (κ1) is 18.3. The van der Waals surface area contributed by atoms with Crippen LogP contribution in [0.2, 0.25) is 0 Å². The minimum absolute atomic E-state index is 0.224. The van der Waals surface area contributed by atoms with Crippen LogP contribution < -0.4 is 10.2 Å².